The Bertz CT molecular complexity index is 926. The lowest BCUT2D eigenvalue weighted by Crippen LogP contribution is -2.45. The van der Waals surface area contributed by atoms with Gasteiger partial charge in [-0.15, -0.1) is 0 Å². The molecule has 0 saturated carbocycles. The highest BCUT2D eigenvalue weighted by molar-refractivity contribution is 5.85. The highest BCUT2D eigenvalue weighted by Crippen LogP contribution is 2.21. The van der Waals surface area contributed by atoms with Crippen molar-refractivity contribution in [1.82, 2.24) is 9.80 Å². The predicted octanol–water partition coefficient (Wildman–Crippen LogP) is 4.07. The van der Waals surface area contributed by atoms with E-state index in [-0.39, 0.29) is 10.6 Å². The number of hydrogen-bond donors (Lipinski definition) is 0. The summed E-state index contributed by atoms with van der Waals surface area (Å²) < 4.78 is 0. The van der Waals surface area contributed by atoms with Crippen LogP contribution in [0, 0.1) is 10.1 Å². The molecule has 138 valence electrons. The van der Waals surface area contributed by atoms with E-state index in [9.17, 15) is 10.1 Å². The highest BCUT2D eigenvalue weighted by Gasteiger charge is 2.18. The van der Waals surface area contributed by atoms with Gasteiger partial charge >= 0.3 is 0 Å². The molecule has 1 fully saturated rings. The van der Waals surface area contributed by atoms with Crippen molar-refractivity contribution in [2.75, 3.05) is 26.2 Å². The average Bonchev–Trinajstić information content (AvgIpc) is 2.70. The van der Waals surface area contributed by atoms with E-state index in [1.807, 2.05) is 12.1 Å². The first-order valence-electron chi connectivity index (χ1n) is 9.34. The number of nitrogens with zero attached hydrogens (tertiary/aromatic N) is 3. The number of benzene rings is 3. The first-order chi connectivity index (χ1) is 13.2. The minimum absolute atomic E-state index is 0.152. The van der Waals surface area contributed by atoms with E-state index in [0.717, 1.165) is 44.8 Å². The van der Waals surface area contributed by atoms with Gasteiger partial charge in [-0.05, 0) is 21.9 Å². The second-order valence-corrected chi connectivity index (χ2v) is 7.11. The van der Waals surface area contributed by atoms with Gasteiger partial charge in [0.05, 0.1) is 4.92 Å². The van der Waals surface area contributed by atoms with Crippen LogP contribution in [0.1, 0.15) is 11.1 Å². The summed E-state index contributed by atoms with van der Waals surface area (Å²) >= 11 is 0. The Morgan fingerprint density at radius 3 is 2.11 bits per heavy atom. The van der Waals surface area contributed by atoms with Crippen LogP contribution < -0.4 is 0 Å². The maximum Gasteiger partial charge on any atom is 0.269 e. The highest BCUT2D eigenvalue weighted by atomic mass is 16.6. The zero-order valence-corrected chi connectivity index (χ0v) is 15.3. The van der Waals surface area contributed by atoms with Gasteiger partial charge in [-0.3, -0.25) is 19.9 Å². The summed E-state index contributed by atoms with van der Waals surface area (Å²) in [7, 11) is 0. The number of hydrogen-bond acceptors (Lipinski definition) is 4. The van der Waals surface area contributed by atoms with Crippen molar-refractivity contribution in [3.05, 3.63) is 88.0 Å². The minimum atomic E-state index is -0.351. The number of non-ortho nitro benzene ring substituents is 1. The second-order valence-electron chi connectivity index (χ2n) is 7.11. The molecule has 0 aromatic heterocycles. The largest absolute Gasteiger partial charge is 0.297 e. The van der Waals surface area contributed by atoms with Gasteiger partial charge < -0.3 is 0 Å². The van der Waals surface area contributed by atoms with Gasteiger partial charge in [-0.2, -0.15) is 0 Å². The summed E-state index contributed by atoms with van der Waals surface area (Å²) in [5, 5.41) is 13.4. The van der Waals surface area contributed by atoms with Crippen LogP contribution in [0.2, 0.25) is 0 Å². The number of nitro groups is 1. The molecular weight excluding hydrogens is 338 g/mol. The van der Waals surface area contributed by atoms with Gasteiger partial charge in [0.1, 0.15) is 0 Å². The Kier molecular flexibility index (Phi) is 5.14. The molecule has 5 heteroatoms. The molecule has 1 saturated heterocycles. The Labute approximate surface area is 159 Å². The smallest absolute Gasteiger partial charge is 0.269 e. The zero-order chi connectivity index (χ0) is 18.6. The van der Waals surface area contributed by atoms with Gasteiger partial charge in [0.15, 0.2) is 0 Å². The molecule has 3 aromatic carbocycles. The fourth-order valence-electron chi connectivity index (χ4n) is 3.76. The first-order valence-corrected chi connectivity index (χ1v) is 9.34. The fourth-order valence-corrected chi connectivity index (χ4v) is 3.76. The molecule has 0 amide bonds. The number of rotatable bonds is 5. The van der Waals surface area contributed by atoms with Crippen LogP contribution in [0.25, 0.3) is 10.8 Å². The first kappa shape index (κ1) is 17.6. The van der Waals surface area contributed by atoms with E-state index in [2.05, 4.69) is 52.3 Å². The summed E-state index contributed by atoms with van der Waals surface area (Å²) in [6.07, 6.45) is 0. The molecule has 0 unspecified atom stereocenters. The number of fused-ring (bicyclic) bond motifs is 1. The van der Waals surface area contributed by atoms with Gasteiger partial charge in [-0.1, -0.05) is 54.6 Å². The molecule has 27 heavy (non-hydrogen) atoms. The molecule has 0 radical (unpaired) electrons. The van der Waals surface area contributed by atoms with Crippen molar-refractivity contribution in [1.29, 1.82) is 0 Å². The van der Waals surface area contributed by atoms with E-state index < -0.39 is 0 Å². The van der Waals surface area contributed by atoms with Crippen LogP contribution in [0.4, 0.5) is 5.69 Å². The molecule has 0 atom stereocenters. The van der Waals surface area contributed by atoms with Crippen molar-refractivity contribution < 1.29 is 4.92 Å². The topological polar surface area (TPSA) is 49.6 Å². The Morgan fingerprint density at radius 1 is 0.778 bits per heavy atom. The van der Waals surface area contributed by atoms with Gasteiger partial charge in [0, 0.05) is 51.4 Å². The fraction of sp³-hybridized carbons (Fsp3) is 0.273. The van der Waals surface area contributed by atoms with Crippen LogP contribution in [0.5, 0.6) is 0 Å². The summed E-state index contributed by atoms with van der Waals surface area (Å²) in [6, 6.07) is 22.0. The molecule has 4 rings (SSSR count). The van der Waals surface area contributed by atoms with Gasteiger partial charge in [-0.25, -0.2) is 0 Å². The minimum Gasteiger partial charge on any atom is -0.297 e. The Hall–Kier alpha value is -2.76. The summed E-state index contributed by atoms with van der Waals surface area (Å²) in [5.74, 6) is 0. The number of nitro benzene ring substituents is 1. The molecule has 0 bridgehead atoms. The maximum absolute atomic E-state index is 10.8. The molecule has 5 nitrogen and oxygen atoms in total. The predicted molar refractivity (Wildman–Crippen MR) is 108 cm³/mol. The van der Waals surface area contributed by atoms with Crippen molar-refractivity contribution in [2.45, 2.75) is 13.1 Å². The van der Waals surface area contributed by atoms with Crippen LogP contribution in [-0.4, -0.2) is 40.9 Å². The molecule has 1 aliphatic heterocycles. The van der Waals surface area contributed by atoms with E-state index in [4.69, 9.17) is 0 Å². The van der Waals surface area contributed by atoms with E-state index in [0.29, 0.717) is 0 Å². The molecule has 1 heterocycles. The summed E-state index contributed by atoms with van der Waals surface area (Å²) in [4.78, 5) is 15.3. The van der Waals surface area contributed by atoms with Crippen molar-refractivity contribution in [3.8, 4) is 0 Å². The monoisotopic (exact) mass is 361 g/mol. The van der Waals surface area contributed by atoms with E-state index in [1.165, 1.54) is 16.3 Å². The third kappa shape index (κ3) is 4.15. The lowest BCUT2D eigenvalue weighted by molar-refractivity contribution is -0.384. The third-order valence-electron chi connectivity index (χ3n) is 5.29. The standard InChI is InChI=1S/C22H23N3O2/c26-25(27)21-10-8-18(9-11-21)16-23-12-14-24(15-13-23)17-20-6-3-5-19-4-1-2-7-22(19)20/h1-11H,12-17H2. The van der Waals surface area contributed by atoms with Crippen LogP contribution in [-0.2, 0) is 13.1 Å². The lowest BCUT2D eigenvalue weighted by atomic mass is 10.0. The lowest BCUT2D eigenvalue weighted by Gasteiger charge is -2.35. The molecule has 0 aliphatic carbocycles. The second kappa shape index (κ2) is 7.86. The Balaban J connectivity index is 1.34. The summed E-state index contributed by atoms with van der Waals surface area (Å²) in [6.45, 7) is 5.93. The van der Waals surface area contributed by atoms with Gasteiger partial charge in [0.25, 0.3) is 5.69 Å². The normalized spacial score (nSPS) is 15.9. The van der Waals surface area contributed by atoms with Crippen molar-refractivity contribution in [3.63, 3.8) is 0 Å². The molecule has 3 aromatic rings. The van der Waals surface area contributed by atoms with Crippen LogP contribution in [0.15, 0.2) is 66.7 Å². The third-order valence-corrected chi connectivity index (χ3v) is 5.29. The van der Waals surface area contributed by atoms with Crippen LogP contribution >= 0.6 is 0 Å². The molecule has 0 N–H and O–H groups in total. The molecule has 1 aliphatic rings. The quantitative estimate of drug-likeness (QED) is 0.508. The van der Waals surface area contributed by atoms with Crippen molar-refractivity contribution in [2.24, 2.45) is 0 Å². The number of piperazine rings is 1. The van der Waals surface area contributed by atoms with Crippen LogP contribution in [0.3, 0.4) is 0 Å². The maximum atomic E-state index is 10.8. The Morgan fingerprint density at radius 2 is 1.41 bits per heavy atom. The van der Waals surface area contributed by atoms with Gasteiger partial charge in [0.2, 0.25) is 0 Å². The molecule has 0 spiro atoms. The van der Waals surface area contributed by atoms with E-state index in [1.54, 1.807) is 12.1 Å². The SMILES string of the molecule is O=[N+]([O-])c1ccc(CN2CCN(Cc3cccc4ccccc34)CC2)cc1. The van der Waals surface area contributed by atoms with E-state index >= 15 is 0 Å². The van der Waals surface area contributed by atoms with Crippen molar-refractivity contribution >= 4 is 16.5 Å². The molecular formula is C22H23N3O2. The average molecular weight is 361 g/mol. The summed E-state index contributed by atoms with van der Waals surface area (Å²) in [5.41, 5.74) is 2.67. The zero-order valence-electron chi connectivity index (χ0n) is 15.3.